The van der Waals surface area contributed by atoms with Crippen molar-refractivity contribution in [3.8, 4) is 28.3 Å². The minimum atomic E-state index is -0.504. The Balaban J connectivity index is 1.77. The van der Waals surface area contributed by atoms with E-state index >= 15 is 0 Å². The number of nitro groups is 1. The van der Waals surface area contributed by atoms with Crippen molar-refractivity contribution >= 4 is 22.5 Å². The molecule has 0 saturated heterocycles. The van der Waals surface area contributed by atoms with Gasteiger partial charge in [0.25, 0.3) is 0 Å². The molecule has 6 rings (SSSR count). The minimum Gasteiger partial charge on any atom is -0.353 e. The number of aromatic nitrogens is 4. The van der Waals surface area contributed by atoms with E-state index in [0.717, 1.165) is 44.7 Å². The summed E-state index contributed by atoms with van der Waals surface area (Å²) in [7, 11) is 0. The molecule has 2 aromatic heterocycles. The lowest BCUT2D eigenvalue weighted by atomic mass is 9.88. The number of rotatable bonds is 3. The highest BCUT2D eigenvalue weighted by atomic mass is 35.5. The summed E-state index contributed by atoms with van der Waals surface area (Å²) in [4.78, 5) is 15.0. The van der Waals surface area contributed by atoms with Crippen LogP contribution in [0.1, 0.15) is 17.0 Å². The first-order valence-electron chi connectivity index (χ1n) is 10.2. The molecule has 1 N–H and O–H groups in total. The fourth-order valence-corrected chi connectivity index (χ4v) is 4.85. The zero-order chi connectivity index (χ0) is 21.8. The molecule has 0 fully saturated rings. The fourth-order valence-electron chi connectivity index (χ4n) is 4.67. The first-order valence-corrected chi connectivity index (χ1v) is 10.5. The molecule has 0 spiro atoms. The lowest BCUT2D eigenvalue weighted by molar-refractivity contribution is -0.481. The van der Waals surface area contributed by atoms with Crippen molar-refractivity contribution in [2.75, 3.05) is 6.54 Å². The van der Waals surface area contributed by atoms with Gasteiger partial charge in [0, 0.05) is 32.0 Å². The van der Waals surface area contributed by atoms with E-state index in [1.54, 1.807) is 16.8 Å². The fraction of sp³-hybridized carbons (Fsp3) is 0.0833. The van der Waals surface area contributed by atoms with E-state index in [-0.39, 0.29) is 11.5 Å². The number of hydrogen-bond donors (Lipinski definition) is 1. The maximum absolute atomic E-state index is 11.8. The zero-order valence-corrected chi connectivity index (χ0v) is 17.5. The van der Waals surface area contributed by atoms with Crippen molar-refractivity contribution in [1.82, 2.24) is 20.0 Å². The van der Waals surface area contributed by atoms with Crippen molar-refractivity contribution in [2.45, 2.75) is 5.92 Å². The normalized spacial score (nSPS) is 14.5. The SMILES string of the molecule is O=[N+]([O-])CC1c2cc(Cl)ccc2-n2nnc(-c3ccccc3)c2-c2[nH]c3ccccc3c21. The third kappa shape index (κ3) is 2.75. The van der Waals surface area contributed by atoms with Gasteiger partial charge in [0.05, 0.1) is 17.3 Å². The molecular weight excluding hydrogens is 426 g/mol. The molecule has 1 unspecified atom stereocenters. The molecule has 3 heterocycles. The summed E-state index contributed by atoms with van der Waals surface area (Å²) in [5.74, 6) is -0.504. The van der Waals surface area contributed by atoms with Crippen LogP contribution in [0.15, 0.2) is 72.8 Å². The van der Waals surface area contributed by atoms with Gasteiger partial charge in [-0.15, -0.1) is 5.10 Å². The Morgan fingerprint density at radius 3 is 2.66 bits per heavy atom. The van der Waals surface area contributed by atoms with Gasteiger partial charge < -0.3 is 4.98 Å². The first kappa shape index (κ1) is 18.8. The summed E-state index contributed by atoms with van der Waals surface area (Å²) in [6, 6.07) is 23.1. The van der Waals surface area contributed by atoms with Crippen molar-refractivity contribution in [3.05, 3.63) is 99.1 Å². The van der Waals surface area contributed by atoms with Gasteiger partial charge in [0.2, 0.25) is 6.54 Å². The highest BCUT2D eigenvalue weighted by Crippen LogP contribution is 2.46. The third-order valence-corrected chi connectivity index (χ3v) is 6.21. The summed E-state index contributed by atoms with van der Waals surface area (Å²) >= 11 is 6.36. The van der Waals surface area contributed by atoms with Gasteiger partial charge in [-0.1, -0.05) is 65.3 Å². The highest BCUT2D eigenvalue weighted by Gasteiger charge is 2.36. The smallest absolute Gasteiger partial charge is 0.214 e. The Labute approximate surface area is 187 Å². The largest absolute Gasteiger partial charge is 0.353 e. The van der Waals surface area contributed by atoms with Crippen LogP contribution in [0.5, 0.6) is 0 Å². The summed E-state index contributed by atoms with van der Waals surface area (Å²) in [5, 5.41) is 22.2. The number of H-pyrrole nitrogens is 1. The second-order valence-corrected chi connectivity index (χ2v) is 8.23. The number of nitrogens with one attached hydrogen (secondary N) is 1. The molecular formula is C24H16ClN5O2. The molecule has 7 nitrogen and oxygen atoms in total. The lowest BCUT2D eigenvalue weighted by Crippen LogP contribution is -2.15. The number of halogens is 1. The number of aromatic amines is 1. The van der Waals surface area contributed by atoms with Crippen LogP contribution in [0, 0.1) is 10.1 Å². The van der Waals surface area contributed by atoms with Crippen LogP contribution in [-0.2, 0) is 0 Å². The van der Waals surface area contributed by atoms with Crippen molar-refractivity contribution in [1.29, 1.82) is 0 Å². The molecule has 8 heteroatoms. The zero-order valence-electron chi connectivity index (χ0n) is 16.7. The molecule has 1 atom stereocenters. The minimum absolute atomic E-state index is 0.263. The van der Waals surface area contributed by atoms with Gasteiger partial charge in [-0.25, -0.2) is 4.68 Å². The van der Waals surface area contributed by atoms with Crippen molar-refractivity contribution in [3.63, 3.8) is 0 Å². The topological polar surface area (TPSA) is 89.6 Å². The first-order chi connectivity index (χ1) is 15.6. The van der Waals surface area contributed by atoms with E-state index < -0.39 is 5.92 Å². The van der Waals surface area contributed by atoms with Crippen LogP contribution in [0.4, 0.5) is 0 Å². The quantitative estimate of drug-likeness (QED) is 0.297. The Kier molecular flexibility index (Phi) is 4.13. The van der Waals surface area contributed by atoms with Crippen molar-refractivity contribution in [2.24, 2.45) is 0 Å². The third-order valence-electron chi connectivity index (χ3n) is 5.97. The average molecular weight is 442 g/mol. The van der Waals surface area contributed by atoms with Gasteiger partial charge in [-0.3, -0.25) is 10.1 Å². The molecule has 0 amide bonds. The molecule has 5 aromatic rings. The number of hydrogen-bond acceptors (Lipinski definition) is 4. The molecule has 3 aromatic carbocycles. The molecule has 0 radical (unpaired) electrons. The number of para-hydroxylation sites is 1. The molecule has 0 bridgehead atoms. The van der Waals surface area contributed by atoms with Gasteiger partial charge in [0.1, 0.15) is 11.4 Å². The van der Waals surface area contributed by atoms with E-state index in [1.165, 1.54) is 0 Å². The molecule has 0 saturated carbocycles. The Hall–Kier alpha value is -3.97. The van der Waals surface area contributed by atoms with Crippen LogP contribution in [0.25, 0.3) is 39.2 Å². The monoisotopic (exact) mass is 441 g/mol. The van der Waals surface area contributed by atoms with Gasteiger partial charge in [-0.05, 0) is 29.8 Å². The Bertz CT molecular complexity index is 1510. The van der Waals surface area contributed by atoms with E-state index in [4.69, 9.17) is 11.6 Å². The van der Waals surface area contributed by atoms with Crippen LogP contribution in [0.3, 0.4) is 0 Å². The van der Waals surface area contributed by atoms with Crippen LogP contribution in [0.2, 0.25) is 5.02 Å². The Morgan fingerprint density at radius 2 is 1.84 bits per heavy atom. The lowest BCUT2D eigenvalue weighted by Gasteiger charge is -2.15. The second kappa shape index (κ2) is 7.03. The number of benzene rings is 3. The molecule has 156 valence electrons. The molecule has 32 heavy (non-hydrogen) atoms. The molecule has 1 aliphatic rings. The van der Waals surface area contributed by atoms with Gasteiger partial charge in [-0.2, -0.15) is 0 Å². The predicted molar refractivity (Wildman–Crippen MR) is 123 cm³/mol. The summed E-state index contributed by atoms with van der Waals surface area (Å²) in [6.45, 7) is -0.263. The summed E-state index contributed by atoms with van der Waals surface area (Å²) in [6.07, 6.45) is 0. The molecule has 0 aliphatic carbocycles. The van der Waals surface area contributed by atoms with Gasteiger partial charge in [0.15, 0.2) is 0 Å². The van der Waals surface area contributed by atoms with Crippen LogP contribution >= 0.6 is 11.6 Å². The van der Waals surface area contributed by atoms with E-state index in [0.29, 0.717) is 10.7 Å². The standard InChI is InChI=1S/C24H16ClN5O2/c25-15-10-11-20-17(12-15)18(13-29(31)32)21-16-8-4-5-9-19(16)26-23(21)24-22(27-28-30(20)24)14-6-2-1-3-7-14/h1-12,18,26H,13H2. The van der Waals surface area contributed by atoms with E-state index in [9.17, 15) is 10.1 Å². The molecule has 1 aliphatic heterocycles. The predicted octanol–water partition coefficient (Wildman–Crippen LogP) is 5.46. The number of nitrogens with zero attached hydrogens (tertiary/aromatic N) is 4. The van der Waals surface area contributed by atoms with Crippen LogP contribution < -0.4 is 0 Å². The Morgan fingerprint density at radius 1 is 1.06 bits per heavy atom. The van der Waals surface area contributed by atoms with Crippen LogP contribution in [-0.4, -0.2) is 31.4 Å². The van der Waals surface area contributed by atoms with Crippen molar-refractivity contribution < 1.29 is 4.92 Å². The number of fused-ring (bicyclic) bond motifs is 7. The summed E-state index contributed by atoms with van der Waals surface area (Å²) in [5.41, 5.74) is 6.44. The van der Waals surface area contributed by atoms with Gasteiger partial charge >= 0.3 is 0 Å². The van der Waals surface area contributed by atoms with E-state index in [2.05, 4.69) is 15.3 Å². The maximum atomic E-state index is 11.8. The second-order valence-electron chi connectivity index (χ2n) is 7.79. The maximum Gasteiger partial charge on any atom is 0.214 e. The highest BCUT2D eigenvalue weighted by molar-refractivity contribution is 6.30. The summed E-state index contributed by atoms with van der Waals surface area (Å²) < 4.78 is 1.77. The van der Waals surface area contributed by atoms with E-state index in [1.807, 2.05) is 60.7 Å². The average Bonchev–Trinajstić information content (AvgIpc) is 3.37.